The predicted molar refractivity (Wildman–Crippen MR) is 146 cm³/mol. The Labute approximate surface area is 225 Å². The molecule has 1 atom stereocenters. The van der Waals surface area contributed by atoms with E-state index >= 15 is 0 Å². The summed E-state index contributed by atoms with van der Waals surface area (Å²) in [6.45, 7) is 6.64. The normalized spacial score (nSPS) is 15.5. The zero-order valence-electron chi connectivity index (χ0n) is 21.9. The zero-order valence-corrected chi connectivity index (χ0v) is 22.7. The van der Waals surface area contributed by atoms with Crippen LogP contribution in [0.3, 0.4) is 0 Å². The van der Waals surface area contributed by atoms with Crippen LogP contribution in [0.4, 0.5) is 15.3 Å². The number of hydrogen-bond donors (Lipinski definition) is 2. The fourth-order valence-electron chi connectivity index (χ4n) is 4.42. The highest BCUT2D eigenvalue weighted by Gasteiger charge is 2.36. The molecule has 202 valence electrons. The van der Waals surface area contributed by atoms with Crippen LogP contribution in [0.2, 0.25) is 5.02 Å². The molecule has 1 aliphatic rings. The standard InChI is InChI=1S/C27H32ClN5O5/c1-27(2,3)38-26(36)32-14-7-12-21(32)23-31-20-11-6-10-19(28)22(20)24(34)33(23)18-9-5-8-17(16-18)30-25(35)29-13-15-37-4/h5-6,8-11,16,21H,7,12-15H2,1-4H3,(H2,29,30,35)/t21-/m0/s1. The SMILES string of the molecule is COCCNC(=O)Nc1cccc(-n2c([C@@H]3CCCN3C(=O)OC(C)(C)C)nc3cccc(Cl)c3c2=O)c1. The Morgan fingerprint density at radius 2 is 1.95 bits per heavy atom. The maximum Gasteiger partial charge on any atom is 0.410 e. The molecule has 2 aromatic carbocycles. The van der Waals surface area contributed by atoms with Gasteiger partial charge in [0, 0.05) is 25.9 Å². The van der Waals surface area contributed by atoms with Crippen LogP contribution in [0, 0.1) is 0 Å². The monoisotopic (exact) mass is 541 g/mol. The van der Waals surface area contributed by atoms with E-state index in [4.69, 9.17) is 26.1 Å². The van der Waals surface area contributed by atoms with Crippen LogP contribution in [0.5, 0.6) is 0 Å². The number of amides is 3. The summed E-state index contributed by atoms with van der Waals surface area (Å²) in [5.41, 5.74) is 0.359. The van der Waals surface area contributed by atoms with Crippen LogP contribution in [0.25, 0.3) is 16.6 Å². The highest BCUT2D eigenvalue weighted by atomic mass is 35.5. The minimum Gasteiger partial charge on any atom is -0.444 e. The number of nitrogens with one attached hydrogen (secondary N) is 2. The van der Waals surface area contributed by atoms with Gasteiger partial charge in [-0.3, -0.25) is 14.3 Å². The van der Waals surface area contributed by atoms with Gasteiger partial charge in [-0.1, -0.05) is 23.7 Å². The number of methoxy groups -OCH3 is 1. The Morgan fingerprint density at radius 1 is 1.18 bits per heavy atom. The fraction of sp³-hybridized carbons (Fsp3) is 0.407. The van der Waals surface area contributed by atoms with Gasteiger partial charge >= 0.3 is 12.1 Å². The molecule has 0 radical (unpaired) electrons. The third-order valence-electron chi connectivity index (χ3n) is 6.01. The summed E-state index contributed by atoms with van der Waals surface area (Å²) in [6, 6.07) is 11.1. The van der Waals surface area contributed by atoms with Crippen molar-refractivity contribution < 1.29 is 19.1 Å². The van der Waals surface area contributed by atoms with E-state index < -0.39 is 23.8 Å². The second-order valence-corrected chi connectivity index (χ2v) is 10.4. The molecule has 0 bridgehead atoms. The molecule has 38 heavy (non-hydrogen) atoms. The molecule has 0 aliphatic carbocycles. The van der Waals surface area contributed by atoms with E-state index in [9.17, 15) is 14.4 Å². The van der Waals surface area contributed by atoms with Crippen LogP contribution >= 0.6 is 11.6 Å². The molecule has 1 aliphatic heterocycles. The first kappa shape index (κ1) is 27.4. The largest absolute Gasteiger partial charge is 0.444 e. The number of benzene rings is 2. The lowest BCUT2D eigenvalue weighted by atomic mass is 10.1. The number of urea groups is 1. The average Bonchev–Trinajstić information content (AvgIpc) is 3.33. The van der Waals surface area contributed by atoms with E-state index in [1.54, 1.807) is 54.5 Å². The molecule has 0 spiro atoms. The number of fused-ring (bicyclic) bond motifs is 1. The summed E-state index contributed by atoms with van der Waals surface area (Å²) in [4.78, 5) is 45.8. The first-order valence-electron chi connectivity index (χ1n) is 12.4. The van der Waals surface area contributed by atoms with Gasteiger partial charge in [0.1, 0.15) is 11.4 Å². The van der Waals surface area contributed by atoms with Gasteiger partial charge in [-0.2, -0.15) is 0 Å². The van der Waals surface area contributed by atoms with Crippen LogP contribution in [0.1, 0.15) is 45.5 Å². The van der Waals surface area contributed by atoms with Crippen LogP contribution in [0.15, 0.2) is 47.3 Å². The maximum absolute atomic E-state index is 13.9. The number of rotatable bonds is 6. The number of hydrogen-bond acceptors (Lipinski definition) is 6. The van der Waals surface area contributed by atoms with Gasteiger partial charge in [0.2, 0.25) is 0 Å². The number of halogens is 1. The molecule has 11 heteroatoms. The Balaban J connectivity index is 1.80. The Morgan fingerprint density at radius 3 is 2.68 bits per heavy atom. The lowest BCUT2D eigenvalue weighted by molar-refractivity contribution is 0.0216. The molecule has 10 nitrogen and oxygen atoms in total. The first-order chi connectivity index (χ1) is 18.1. The summed E-state index contributed by atoms with van der Waals surface area (Å²) in [7, 11) is 1.55. The number of anilines is 1. The molecule has 0 unspecified atom stereocenters. The third kappa shape index (κ3) is 6.08. The van der Waals surface area contributed by atoms with Crippen molar-refractivity contribution in [1.29, 1.82) is 0 Å². The number of aromatic nitrogens is 2. The average molecular weight is 542 g/mol. The quantitative estimate of drug-likeness (QED) is 0.430. The van der Waals surface area contributed by atoms with E-state index in [-0.39, 0.29) is 16.0 Å². The minimum absolute atomic E-state index is 0.274. The molecular formula is C27H32ClN5O5. The molecule has 3 amide bonds. The summed E-state index contributed by atoms with van der Waals surface area (Å²) < 4.78 is 12.1. The molecule has 1 saturated heterocycles. The van der Waals surface area contributed by atoms with E-state index in [1.165, 1.54) is 4.57 Å². The van der Waals surface area contributed by atoms with Crippen LogP contribution in [-0.2, 0) is 9.47 Å². The van der Waals surface area contributed by atoms with Crippen molar-refractivity contribution in [3.05, 3.63) is 63.7 Å². The van der Waals surface area contributed by atoms with Crippen LogP contribution in [-0.4, -0.2) is 59.0 Å². The molecule has 1 fully saturated rings. The first-order valence-corrected chi connectivity index (χ1v) is 12.8. The fourth-order valence-corrected chi connectivity index (χ4v) is 4.67. The molecule has 1 aromatic heterocycles. The van der Waals surface area contributed by atoms with E-state index in [0.29, 0.717) is 48.8 Å². The topological polar surface area (TPSA) is 115 Å². The summed E-state index contributed by atoms with van der Waals surface area (Å²) in [5, 5.41) is 6.02. The number of likely N-dealkylation sites (tertiary alicyclic amines) is 1. The smallest absolute Gasteiger partial charge is 0.410 e. The molecule has 4 rings (SSSR count). The van der Waals surface area contributed by atoms with E-state index in [1.807, 2.05) is 20.8 Å². The third-order valence-corrected chi connectivity index (χ3v) is 6.32. The summed E-state index contributed by atoms with van der Waals surface area (Å²) in [5.74, 6) is 0.398. The molecule has 0 saturated carbocycles. The van der Waals surface area contributed by atoms with E-state index in [0.717, 1.165) is 6.42 Å². The van der Waals surface area contributed by atoms with Crippen molar-refractivity contribution in [3.63, 3.8) is 0 Å². The van der Waals surface area contributed by atoms with Gasteiger partial charge in [-0.25, -0.2) is 14.6 Å². The Hall–Kier alpha value is -3.63. The number of ether oxygens (including phenoxy) is 2. The Kier molecular flexibility index (Phi) is 8.23. The van der Waals surface area contributed by atoms with Gasteiger partial charge in [0.25, 0.3) is 5.56 Å². The second-order valence-electron chi connectivity index (χ2n) is 10.0. The minimum atomic E-state index is -0.669. The number of nitrogens with zero attached hydrogens (tertiary/aromatic N) is 3. The zero-order chi connectivity index (χ0) is 27.4. The van der Waals surface area contributed by atoms with Gasteiger partial charge in [0.05, 0.1) is 34.3 Å². The van der Waals surface area contributed by atoms with Crippen molar-refractivity contribution >= 4 is 40.3 Å². The van der Waals surface area contributed by atoms with Crippen molar-refractivity contribution in [2.24, 2.45) is 0 Å². The maximum atomic E-state index is 13.9. The van der Waals surface area contributed by atoms with Crippen molar-refractivity contribution in [3.8, 4) is 5.69 Å². The second kappa shape index (κ2) is 11.4. The van der Waals surface area contributed by atoms with Gasteiger partial charge in [0.15, 0.2) is 0 Å². The summed E-state index contributed by atoms with van der Waals surface area (Å²) in [6.07, 6.45) is 0.879. The van der Waals surface area contributed by atoms with E-state index in [2.05, 4.69) is 10.6 Å². The highest BCUT2D eigenvalue weighted by molar-refractivity contribution is 6.35. The Bertz CT molecular complexity index is 1400. The van der Waals surface area contributed by atoms with Crippen LogP contribution < -0.4 is 16.2 Å². The van der Waals surface area contributed by atoms with Crippen molar-refractivity contribution in [2.45, 2.75) is 45.3 Å². The number of carbonyl (C=O) groups is 2. The van der Waals surface area contributed by atoms with Gasteiger partial charge in [-0.15, -0.1) is 0 Å². The summed E-state index contributed by atoms with van der Waals surface area (Å²) >= 11 is 6.43. The lowest BCUT2D eigenvalue weighted by Gasteiger charge is -2.29. The van der Waals surface area contributed by atoms with Gasteiger partial charge in [-0.05, 0) is 63.9 Å². The van der Waals surface area contributed by atoms with Crippen molar-refractivity contribution in [2.75, 3.05) is 32.1 Å². The van der Waals surface area contributed by atoms with Gasteiger partial charge < -0.3 is 20.1 Å². The molecular weight excluding hydrogens is 510 g/mol. The predicted octanol–water partition coefficient (Wildman–Crippen LogP) is 4.88. The lowest BCUT2D eigenvalue weighted by Crippen LogP contribution is -2.38. The highest BCUT2D eigenvalue weighted by Crippen LogP contribution is 2.34. The van der Waals surface area contributed by atoms with Crippen molar-refractivity contribution in [1.82, 2.24) is 19.8 Å². The molecule has 3 aromatic rings. The molecule has 2 heterocycles. The molecule has 2 N–H and O–H groups in total. The number of carbonyl (C=O) groups excluding carboxylic acids is 2.